The molecule has 1 aliphatic rings. The molecule has 138 valence electrons. The van der Waals surface area contributed by atoms with Crippen LogP contribution < -0.4 is 9.47 Å². The molecular formula is C21H26N2O3. The number of ether oxygens (including phenoxy) is 2. The van der Waals surface area contributed by atoms with Gasteiger partial charge in [0.15, 0.2) is 6.10 Å². The minimum atomic E-state index is -0.511. The molecule has 0 saturated carbocycles. The Hall–Kier alpha value is -2.53. The Kier molecular flexibility index (Phi) is 6.12. The first-order valence-corrected chi connectivity index (χ1v) is 9.01. The highest BCUT2D eigenvalue weighted by Gasteiger charge is 2.26. The first-order valence-electron chi connectivity index (χ1n) is 9.01. The van der Waals surface area contributed by atoms with E-state index >= 15 is 0 Å². The quantitative estimate of drug-likeness (QED) is 0.800. The Bertz CT molecular complexity index is 712. The second-order valence-electron chi connectivity index (χ2n) is 6.53. The Morgan fingerprint density at radius 3 is 2.38 bits per heavy atom. The van der Waals surface area contributed by atoms with Gasteiger partial charge < -0.3 is 14.4 Å². The van der Waals surface area contributed by atoms with E-state index in [1.807, 2.05) is 29.2 Å². The van der Waals surface area contributed by atoms with E-state index in [4.69, 9.17) is 9.47 Å². The third kappa shape index (κ3) is 4.76. The maximum absolute atomic E-state index is 12.7. The van der Waals surface area contributed by atoms with Crippen molar-refractivity contribution < 1.29 is 14.3 Å². The van der Waals surface area contributed by atoms with E-state index in [0.717, 1.165) is 38.5 Å². The van der Waals surface area contributed by atoms with Gasteiger partial charge in [-0.3, -0.25) is 9.69 Å². The van der Waals surface area contributed by atoms with Crippen molar-refractivity contribution in [2.24, 2.45) is 0 Å². The summed E-state index contributed by atoms with van der Waals surface area (Å²) in [6, 6.07) is 17.8. The van der Waals surface area contributed by atoms with E-state index < -0.39 is 6.10 Å². The van der Waals surface area contributed by atoms with Crippen LogP contribution in [0.15, 0.2) is 54.6 Å². The van der Waals surface area contributed by atoms with E-state index in [9.17, 15) is 4.79 Å². The molecule has 1 amide bonds. The van der Waals surface area contributed by atoms with Crippen LogP contribution in [0.4, 0.5) is 0 Å². The van der Waals surface area contributed by atoms with Gasteiger partial charge in [0.1, 0.15) is 11.5 Å². The normalized spacial score (nSPS) is 16.2. The summed E-state index contributed by atoms with van der Waals surface area (Å²) in [6.07, 6.45) is -0.511. The van der Waals surface area contributed by atoms with Gasteiger partial charge in [0.2, 0.25) is 0 Å². The zero-order valence-electron chi connectivity index (χ0n) is 15.4. The fourth-order valence-electron chi connectivity index (χ4n) is 3.15. The van der Waals surface area contributed by atoms with Gasteiger partial charge in [0, 0.05) is 38.8 Å². The number of nitrogens with zero attached hydrogens (tertiary/aromatic N) is 2. The predicted octanol–water partition coefficient (Wildman–Crippen LogP) is 2.81. The highest BCUT2D eigenvalue weighted by Crippen LogP contribution is 2.20. The van der Waals surface area contributed by atoms with Crippen LogP contribution >= 0.6 is 0 Å². The van der Waals surface area contributed by atoms with Gasteiger partial charge in [-0.2, -0.15) is 0 Å². The average Bonchev–Trinajstić information content (AvgIpc) is 2.69. The van der Waals surface area contributed by atoms with Gasteiger partial charge in [0.25, 0.3) is 5.91 Å². The molecule has 0 N–H and O–H groups in total. The van der Waals surface area contributed by atoms with Gasteiger partial charge in [-0.05, 0) is 24.6 Å². The van der Waals surface area contributed by atoms with Crippen molar-refractivity contribution in [2.45, 2.75) is 19.6 Å². The molecule has 0 aliphatic carbocycles. The van der Waals surface area contributed by atoms with Gasteiger partial charge in [0.05, 0.1) is 7.11 Å². The number of amides is 1. The van der Waals surface area contributed by atoms with Crippen molar-refractivity contribution in [2.75, 3.05) is 33.3 Å². The van der Waals surface area contributed by atoms with Gasteiger partial charge in [-0.1, -0.05) is 36.4 Å². The Morgan fingerprint density at radius 2 is 1.69 bits per heavy atom. The molecule has 1 aliphatic heterocycles. The van der Waals surface area contributed by atoms with Crippen molar-refractivity contribution in [1.82, 2.24) is 9.80 Å². The number of piperazine rings is 1. The molecular weight excluding hydrogens is 328 g/mol. The van der Waals surface area contributed by atoms with Crippen LogP contribution in [0.2, 0.25) is 0 Å². The number of rotatable bonds is 6. The molecule has 0 bridgehead atoms. The number of methoxy groups -OCH3 is 1. The van der Waals surface area contributed by atoms with Gasteiger partial charge >= 0.3 is 0 Å². The summed E-state index contributed by atoms with van der Waals surface area (Å²) < 4.78 is 11.0. The Morgan fingerprint density at radius 1 is 1.00 bits per heavy atom. The summed E-state index contributed by atoms with van der Waals surface area (Å²) in [6.45, 7) is 5.96. The lowest BCUT2D eigenvalue weighted by atomic mass is 10.2. The molecule has 0 radical (unpaired) electrons. The molecule has 2 aromatic carbocycles. The summed E-state index contributed by atoms with van der Waals surface area (Å²) in [7, 11) is 1.61. The van der Waals surface area contributed by atoms with Gasteiger partial charge in [-0.25, -0.2) is 0 Å². The zero-order chi connectivity index (χ0) is 18.4. The maximum atomic E-state index is 12.7. The lowest BCUT2D eigenvalue weighted by Gasteiger charge is -2.35. The molecule has 1 atom stereocenters. The summed E-state index contributed by atoms with van der Waals surface area (Å²) in [5.74, 6) is 1.40. The molecule has 1 fully saturated rings. The maximum Gasteiger partial charge on any atom is 0.263 e. The highest BCUT2D eigenvalue weighted by atomic mass is 16.5. The van der Waals surface area contributed by atoms with E-state index in [2.05, 4.69) is 29.2 Å². The average molecular weight is 354 g/mol. The number of carbonyl (C=O) groups excluding carboxylic acids is 1. The Labute approximate surface area is 155 Å². The third-order valence-corrected chi connectivity index (χ3v) is 4.63. The molecule has 5 nitrogen and oxygen atoms in total. The van der Waals surface area contributed by atoms with Crippen LogP contribution in [0.3, 0.4) is 0 Å². The lowest BCUT2D eigenvalue weighted by Crippen LogP contribution is -2.51. The lowest BCUT2D eigenvalue weighted by molar-refractivity contribution is -0.139. The summed E-state index contributed by atoms with van der Waals surface area (Å²) in [5.41, 5.74) is 1.31. The van der Waals surface area contributed by atoms with E-state index in [1.165, 1.54) is 5.56 Å². The Balaban J connectivity index is 1.49. The van der Waals surface area contributed by atoms with E-state index in [0.29, 0.717) is 5.75 Å². The van der Waals surface area contributed by atoms with Crippen LogP contribution in [0.5, 0.6) is 11.5 Å². The summed E-state index contributed by atoms with van der Waals surface area (Å²) in [4.78, 5) is 16.9. The molecule has 0 spiro atoms. The fourth-order valence-corrected chi connectivity index (χ4v) is 3.15. The second-order valence-corrected chi connectivity index (χ2v) is 6.53. The highest BCUT2D eigenvalue weighted by molar-refractivity contribution is 5.81. The molecule has 2 aromatic rings. The van der Waals surface area contributed by atoms with Crippen LogP contribution in [0.25, 0.3) is 0 Å². The molecule has 0 aromatic heterocycles. The fraction of sp³-hybridized carbons (Fsp3) is 0.381. The number of hydrogen-bond acceptors (Lipinski definition) is 4. The van der Waals surface area contributed by atoms with Crippen LogP contribution in [-0.4, -0.2) is 55.1 Å². The SMILES string of the molecule is COc1cccc(OC(C)C(=O)N2CCN(Cc3ccccc3)CC2)c1. The molecule has 5 heteroatoms. The summed E-state index contributed by atoms with van der Waals surface area (Å²) >= 11 is 0. The van der Waals surface area contributed by atoms with Crippen LogP contribution in [-0.2, 0) is 11.3 Å². The molecule has 1 heterocycles. The first kappa shape index (κ1) is 18.3. The summed E-state index contributed by atoms with van der Waals surface area (Å²) in [5, 5.41) is 0. The van der Waals surface area contributed by atoms with Crippen molar-refractivity contribution >= 4 is 5.91 Å². The van der Waals surface area contributed by atoms with Crippen LogP contribution in [0, 0.1) is 0 Å². The minimum Gasteiger partial charge on any atom is -0.497 e. The monoisotopic (exact) mass is 354 g/mol. The number of benzene rings is 2. The van der Waals surface area contributed by atoms with E-state index in [1.54, 1.807) is 20.1 Å². The topological polar surface area (TPSA) is 42.0 Å². The first-order chi connectivity index (χ1) is 12.7. The molecule has 26 heavy (non-hydrogen) atoms. The minimum absolute atomic E-state index is 0.0344. The second kappa shape index (κ2) is 8.72. The number of carbonyl (C=O) groups is 1. The van der Waals surface area contributed by atoms with Crippen LogP contribution in [0.1, 0.15) is 12.5 Å². The molecule has 1 unspecified atom stereocenters. The number of hydrogen-bond donors (Lipinski definition) is 0. The van der Waals surface area contributed by atoms with Crippen molar-refractivity contribution in [3.8, 4) is 11.5 Å². The molecule has 1 saturated heterocycles. The van der Waals surface area contributed by atoms with E-state index in [-0.39, 0.29) is 5.91 Å². The predicted molar refractivity (Wildman–Crippen MR) is 101 cm³/mol. The van der Waals surface area contributed by atoms with Crippen molar-refractivity contribution in [3.05, 3.63) is 60.2 Å². The largest absolute Gasteiger partial charge is 0.497 e. The van der Waals surface area contributed by atoms with Crippen molar-refractivity contribution in [1.29, 1.82) is 0 Å². The molecule has 3 rings (SSSR count). The standard InChI is InChI=1S/C21H26N2O3/c1-17(26-20-10-6-9-19(15-20)25-2)21(24)23-13-11-22(12-14-23)16-18-7-4-3-5-8-18/h3-10,15,17H,11-14,16H2,1-2H3. The van der Waals surface area contributed by atoms with Gasteiger partial charge in [-0.15, -0.1) is 0 Å². The zero-order valence-corrected chi connectivity index (χ0v) is 15.4. The smallest absolute Gasteiger partial charge is 0.263 e. The third-order valence-electron chi connectivity index (χ3n) is 4.63. The van der Waals surface area contributed by atoms with Crippen molar-refractivity contribution in [3.63, 3.8) is 0 Å².